The summed E-state index contributed by atoms with van der Waals surface area (Å²) in [6.45, 7) is 3.70. The van der Waals surface area contributed by atoms with Crippen molar-refractivity contribution in [1.82, 2.24) is 0 Å². The van der Waals surface area contributed by atoms with Crippen LogP contribution in [-0.2, 0) is 0 Å². The molecular formula is C13H22O3. The maximum Gasteiger partial charge on any atom is 0.0650 e. The van der Waals surface area contributed by atoms with Gasteiger partial charge in [-0.2, -0.15) is 0 Å². The van der Waals surface area contributed by atoms with Gasteiger partial charge in [0.25, 0.3) is 0 Å². The summed E-state index contributed by atoms with van der Waals surface area (Å²) in [7, 11) is 0. The molecule has 0 radical (unpaired) electrons. The van der Waals surface area contributed by atoms with Crippen LogP contribution in [-0.4, -0.2) is 33.1 Å². The standard InChI is InChI=1S/C13H22O3/c1-2-3-9-10(12(15)8-11(9)14)4-5-13(16)6-7-13/h2,9-12,14-16H,1,3-8H2/t9-,10?,11+,12+/m1/s1. The molecule has 0 aromatic rings. The van der Waals surface area contributed by atoms with Crippen LogP contribution in [0, 0.1) is 11.8 Å². The second-order valence-electron chi connectivity index (χ2n) is 5.49. The lowest BCUT2D eigenvalue weighted by Gasteiger charge is -2.23. The molecule has 92 valence electrons. The predicted molar refractivity (Wildman–Crippen MR) is 61.8 cm³/mol. The van der Waals surface area contributed by atoms with E-state index in [0.717, 1.165) is 32.1 Å². The fourth-order valence-electron chi connectivity index (χ4n) is 2.93. The van der Waals surface area contributed by atoms with Crippen LogP contribution in [0.1, 0.15) is 38.5 Å². The average molecular weight is 226 g/mol. The number of aliphatic hydroxyl groups is 3. The third-order valence-corrected chi connectivity index (χ3v) is 4.23. The summed E-state index contributed by atoms with van der Waals surface area (Å²) in [6.07, 6.45) is 5.57. The number of rotatable bonds is 5. The first-order valence-corrected chi connectivity index (χ1v) is 6.25. The van der Waals surface area contributed by atoms with Crippen molar-refractivity contribution in [2.24, 2.45) is 11.8 Å². The maximum atomic E-state index is 9.90. The second-order valence-corrected chi connectivity index (χ2v) is 5.49. The molecule has 3 N–H and O–H groups in total. The van der Waals surface area contributed by atoms with Crippen molar-refractivity contribution in [1.29, 1.82) is 0 Å². The Morgan fingerprint density at radius 3 is 2.38 bits per heavy atom. The monoisotopic (exact) mass is 226 g/mol. The smallest absolute Gasteiger partial charge is 0.0650 e. The predicted octanol–water partition coefficient (Wildman–Crippen LogP) is 1.23. The van der Waals surface area contributed by atoms with Gasteiger partial charge < -0.3 is 15.3 Å². The van der Waals surface area contributed by atoms with Crippen LogP contribution in [0.15, 0.2) is 12.7 Å². The van der Waals surface area contributed by atoms with Crippen LogP contribution in [0.5, 0.6) is 0 Å². The molecule has 0 amide bonds. The first-order valence-electron chi connectivity index (χ1n) is 6.25. The highest BCUT2D eigenvalue weighted by atomic mass is 16.3. The molecule has 3 heteroatoms. The topological polar surface area (TPSA) is 60.7 Å². The average Bonchev–Trinajstić information content (AvgIpc) is 2.89. The van der Waals surface area contributed by atoms with Gasteiger partial charge in [0.1, 0.15) is 0 Å². The lowest BCUT2D eigenvalue weighted by atomic mass is 9.86. The molecule has 2 aliphatic rings. The maximum absolute atomic E-state index is 9.90. The molecule has 3 nitrogen and oxygen atoms in total. The summed E-state index contributed by atoms with van der Waals surface area (Å²) >= 11 is 0. The molecule has 2 saturated carbocycles. The molecule has 2 fully saturated rings. The van der Waals surface area contributed by atoms with Crippen molar-refractivity contribution in [3.05, 3.63) is 12.7 Å². The fourth-order valence-corrected chi connectivity index (χ4v) is 2.93. The Hall–Kier alpha value is -0.380. The van der Waals surface area contributed by atoms with E-state index in [1.165, 1.54) is 0 Å². The van der Waals surface area contributed by atoms with E-state index < -0.39 is 17.8 Å². The Kier molecular flexibility index (Phi) is 3.38. The van der Waals surface area contributed by atoms with Gasteiger partial charge >= 0.3 is 0 Å². The van der Waals surface area contributed by atoms with E-state index >= 15 is 0 Å². The van der Waals surface area contributed by atoms with Gasteiger partial charge in [-0.3, -0.25) is 0 Å². The van der Waals surface area contributed by atoms with Crippen LogP contribution in [0.2, 0.25) is 0 Å². The Balaban J connectivity index is 1.90. The molecule has 0 bridgehead atoms. The third-order valence-electron chi connectivity index (χ3n) is 4.23. The van der Waals surface area contributed by atoms with Crippen LogP contribution in [0.3, 0.4) is 0 Å². The quantitative estimate of drug-likeness (QED) is 0.618. The summed E-state index contributed by atoms with van der Waals surface area (Å²) in [4.78, 5) is 0. The van der Waals surface area contributed by atoms with Gasteiger partial charge in [-0.1, -0.05) is 6.08 Å². The molecule has 0 spiro atoms. The SMILES string of the molecule is C=CC[C@@H]1C(CCC2(O)CC2)[C@@H](O)C[C@@H]1O. The Morgan fingerprint density at radius 1 is 1.19 bits per heavy atom. The van der Waals surface area contributed by atoms with Crippen molar-refractivity contribution >= 4 is 0 Å². The van der Waals surface area contributed by atoms with Crippen LogP contribution >= 0.6 is 0 Å². The fraction of sp³-hybridized carbons (Fsp3) is 0.846. The summed E-state index contributed by atoms with van der Waals surface area (Å²) in [5.74, 6) is 0.243. The number of hydrogen-bond donors (Lipinski definition) is 3. The van der Waals surface area contributed by atoms with E-state index in [1.807, 2.05) is 6.08 Å². The van der Waals surface area contributed by atoms with Gasteiger partial charge in [0.2, 0.25) is 0 Å². The lowest BCUT2D eigenvalue weighted by Crippen LogP contribution is -2.23. The molecule has 2 rings (SSSR count). The number of hydrogen-bond acceptors (Lipinski definition) is 3. The molecule has 4 atom stereocenters. The molecular weight excluding hydrogens is 204 g/mol. The summed E-state index contributed by atoms with van der Waals surface area (Å²) in [5, 5.41) is 29.5. The van der Waals surface area contributed by atoms with Crippen molar-refractivity contribution in [3.63, 3.8) is 0 Å². The van der Waals surface area contributed by atoms with Crippen LogP contribution in [0.4, 0.5) is 0 Å². The van der Waals surface area contributed by atoms with E-state index in [0.29, 0.717) is 6.42 Å². The van der Waals surface area contributed by atoms with E-state index in [2.05, 4.69) is 6.58 Å². The zero-order chi connectivity index (χ0) is 11.8. The normalized spacial score (nSPS) is 40.9. The first-order chi connectivity index (χ1) is 7.56. The molecule has 16 heavy (non-hydrogen) atoms. The molecule has 0 aromatic carbocycles. The molecule has 0 aromatic heterocycles. The minimum atomic E-state index is -0.452. The zero-order valence-corrected chi connectivity index (χ0v) is 9.68. The van der Waals surface area contributed by atoms with Crippen molar-refractivity contribution in [2.45, 2.75) is 56.3 Å². The van der Waals surface area contributed by atoms with Crippen LogP contribution < -0.4 is 0 Å². The minimum absolute atomic E-state index is 0.120. The summed E-state index contributed by atoms with van der Waals surface area (Å²) in [6, 6.07) is 0. The van der Waals surface area contributed by atoms with Gasteiger partial charge in [0, 0.05) is 0 Å². The molecule has 0 heterocycles. The Labute approximate surface area is 96.8 Å². The van der Waals surface area contributed by atoms with Gasteiger partial charge in [0.15, 0.2) is 0 Å². The minimum Gasteiger partial charge on any atom is -0.393 e. The molecule has 0 saturated heterocycles. The van der Waals surface area contributed by atoms with Crippen molar-refractivity contribution < 1.29 is 15.3 Å². The van der Waals surface area contributed by atoms with E-state index in [4.69, 9.17) is 0 Å². The first kappa shape index (κ1) is 12.1. The van der Waals surface area contributed by atoms with Gasteiger partial charge in [0.05, 0.1) is 17.8 Å². The highest BCUT2D eigenvalue weighted by Gasteiger charge is 2.45. The van der Waals surface area contributed by atoms with E-state index in [9.17, 15) is 15.3 Å². The highest BCUT2D eigenvalue weighted by molar-refractivity contribution is 4.98. The number of aliphatic hydroxyl groups excluding tert-OH is 2. The number of allylic oxidation sites excluding steroid dienone is 1. The molecule has 1 unspecified atom stereocenters. The van der Waals surface area contributed by atoms with Crippen LogP contribution in [0.25, 0.3) is 0 Å². The summed E-state index contributed by atoms with van der Waals surface area (Å²) in [5.41, 5.74) is -0.452. The van der Waals surface area contributed by atoms with Crippen molar-refractivity contribution in [3.8, 4) is 0 Å². The van der Waals surface area contributed by atoms with E-state index in [-0.39, 0.29) is 11.8 Å². The van der Waals surface area contributed by atoms with Gasteiger partial charge in [-0.25, -0.2) is 0 Å². The van der Waals surface area contributed by atoms with Crippen molar-refractivity contribution in [2.75, 3.05) is 0 Å². The highest BCUT2D eigenvalue weighted by Crippen LogP contribution is 2.44. The molecule has 2 aliphatic carbocycles. The summed E-state index contributed by atoms with van der Waals surface area (Å²) < 4.78 is 0. The van der Waals surface area contributed by atoms with Gasteiger partial charge in [-0.15, -0.1) is 6.58 Å². The zero-order valence-electron chi connectivity index (χ0n) is 9.68. The largest absolute Gasteiger partial charge is 0.393 e. The Bertz CT molecular complexity index is 260. The Morgan fingerprint density at radius 2 is 1.81 bits per heavy atom. The molecule has 0 aliphatic heterocycles. The lowest BCUT2D eigenvalue weighted by molar-refractivity contribution is 0.0798. The third kappa shape index (κ3) is 2.47. The second kappa shape index (κ2) is 4.47. The van der Waals surface area contributed by atoms with E-state index in [1.54, 1.807) is 0 Å². The van der Waals surface area contributed by atoms with Gasteiger partial charge in [-0.05, 0) is 50.4 Å².